The van der Waals surface area contributed by atoms with Gasteiger partial charge in [-0.05, 0) is 18.4 Å². The summed E-state index contributed by atoms with van der Waals surface area (Å²) in [6, 6.07) is 9.24. The molecular formula is C14H12O3. The van der Waals surface area contributed by atoms with E-state index in [9.17, 15) is 9.90 Å². The van der Waals surface area contributed by atoms with Gasteiger partial charge in [-0.1, -0.05) is 24.3 Å². The fourth-order valence-electron chi connectivity index (χ4n) is 2.29. The van der Waals surface area contributed by atoms with Crippen molar-refractivity contribution in [3.63, 3.8) is 0 Å². The third-order valence-corrected chi connectivity index (χ3v) is 3.07. The number of phenols is 1. The number of hydrogen-bond acceptors (Lipinski definition) is 3. The molecule has 0 spiro atoms. The Balaban J connectivity index is 2.35. The molecule has 1 unspecified atom stereocenters. The van der Waals surface area contributed by atoms with Crippen molar-refractivity contribution in [1.82, 2.24) is 0 Å². The summed E-state index contributed by atoms with van der Waals surface area (Å²) >= 11 is 0. The van der Waals surface area contributed by atoms with Crippen LogP contribution in [0.5, 0.6) is 11.5 Å². The van der Waals surface area contributed by atoms with Gasteiger partial charge < -0.3 is 9.84 Å². The number of hydrogen-bond donors (Lipinski definition) is 1. The monoisotopic (exact) mass is 228 g/mol. The highest BCUT2D eigenvalue weighted by atomic mass is 16.5. The van der Waals surface area contributed by atoms with Gasteiger partial charge in [-0.25, -0.2) is 0 Å². The summed E-state index contributed by atoms with van der Waals surface area (Å²) in [6.45, 7) is 1.85. The van der Waals surface area contributed by atoms with Crippen molar-refractivity contribution in [2.75, 3.05) is 0 Å². The van der Waals surface area contributed by atoms with Gasteiger partial charge in [-0.3, -0.25) is 4.79 Å². The van der Waals surface area contributed by atoms with Crippen LogP contribution in [0.3, 0.4) is 0 Å². The second kappa shape index (κ2) is 3.48. The van der Waals surface area contributed by atoms with E-state index in [1.54, 1.807) is 6.07 Å². The largest absolute Gasteiger partial charge is 0.506 e. The number of phenolic OH excluding ortho intramolecular Hbond substituents is 1. The van der Waals surface area contributed by atoms with E-state index in [1.807, 2.05) is 31.2 Å². The maximum Gasteiger partial charge on any atom is 0.174 e. The van der Waals surface area contributed by atoms with Gasteiger partial charge in [0.2, 0.25) is 0 Å². The predicted molar refractivity (Wildman–Crippen MR) is 64.7 cm³/mol. The number of benzene rings is 2. The molecule has 86 valence electrons. The van der Waals surface area contributed by atoms with Crippen LogP contribution < -0.4 is 4.74 Å². The molecule has 0 radical (unpaired) electrons. The molecule has 17 heavy (non-hydrogen) atoms. The van der Waals surface area contributed by atoms with Gasteiger partial charge >= 0.3 is 0 Å². The summed E-state index contributed by atoms with van der Waals surface area (Å²) in [4.78, 5) is 11.9. The highest BCUT2D eigenvalue weighted by molar-refractivity contribution is 6.08. The Labute approximate surface area is 98.6 Å². The molecule has 2 aromatic carbocycles. The van der Waals surface area contributed by atoms with Gasteiger partial charge in [0.15, 0.2) is 5.78 Å². The van der Waals surface area contributed by atoms with E-state index in [2.05, 4.69) is 0 Å². The van der Waals surface area contributed by atoms with Crippen LogP contribution in [0.2, 0.25) is 0 Å². The maximum absolute atomic E-state index is 11.9. The number of aromatic hydroxyl groups is 1. The lowest BCUT2D eigenvalue weighted by Crippen LogP contribution is -2.24. The lowest BCUT2D eigenvalue weighted by molar-refractivity contribution is 0.0867. The molecule has 1 heterocycles. The lowest BCUT2D eigenvalue weighted by Gasteiger charge is -2.23. The molecule has 1 atom stereocenters. The van der Waals surface area contributed by atoms with E-state index in [0.717, 1.165) is 5.39 Å². The van der Waals surface area contributed by atoms with Gasteiger partial charge in [0.1, 0.15) is 23.2 Å². The molecule has 0 saturated heterocycles. The third kappa shape index (κ3) is 1.46. The van der Waals surface area contributed by atoms with Gasteiger partial charge in [-0.2, -0.15) is 0 Å². The zero-order valence-corrected chi connectivity index (χ0v) is 9.43. The number of ether oxygens (including phenoxy) is 1. The molecular weight excluding hydrogens is 216 g/mol. The summed E-state index contributed by atoms with van der Waals surface area (Å²) in [5, 5.41) is 11.7. The molecule has 0 aromatic heterocycles. The van der Waals surface area contributed by atoms with Crippen LogP contribution in [-0.2, 0) is 0 Å². The molecule has 0 amide bonds. The van der Waals surface area contributed by atoms with Crippen LogP contribution in [0.15, 0.2) is 30.3 Å². The number of carbonyl (C=O) groups excluding carboxylic acids is 1. The topological polar surface area (TPSA) is 46.5 Å². The van der Waals surface area contributed by atoms with Crippen molar-refractivity contribution >= 4 is 16.6 Å². The molecule has 0 fully saturated rings. The van der Waals surface area contributed by atoms with E-state index in [0.29, 0.717) is 23.1 Å². The predicted octanol–water partition coefficient (Wildman–Crippen LogP) is 2.90. The minimum absolute atomic E-state index is 0.0370. The smallest absolute Gasteiger partial charge is 0.174 e. The standard InChI is InChI=1S/C14H12O3/c1-8-6-11(15)13-12(17-8)7-9-4-2-3-5-10(9)14(13)16/h2-5,7-8,16H,6H2,1H3. The maximum atomic E-state index is 11.9. The van der Waals surface area contributed by atoms with Gasteiger partial charge in [0.05, 0.1) is 0 Å². The second-order valence-electron chi connectivity index (χ2n) is 4.38. The summed E-state index contributed by atoms with van der Waals surface area (Å²) in [5.74, 6) is 0.474. The minimum Gasteiger partial charge on any atom is -0.506 e. The van der Waals surface area contributed by atoms with E-state index >= 15 is 0 Å². The van der Waals surface area contributed by atoms with E-state index in [1.165, 1.54) is 0 Å². The van der Waals surface area contributed by atoms with E-state index < -0.39 is 0 Å². The average molecular weight is 228 g/mol. The minimum atomic E-state index is -0.129. The summed E-state index contributed by atoms with van der Waals surface area (Å²) in [7, 11) is 0. The Kier molecular flexibility index (Phi) is 2.08. The van der Waals surface area contributed by atoms with Crippen molar-refractivity contribution in [1.29, 1.82) is 0 Å². The number of rotatable bonds is 0. The molecule has 1 aliphatic rings. The first-order valence-corrected chi connectivity index (χ1v) is 5.61. The third-order valence-electron chi connectivity index (χ3n) is 3.07. The van der Waals surface area contributed by atoms with Crippen LogP contribution in [0.1, 0.15) is 23.7 Å². The van der Waals surface area contributed by atoms with Gasteiger partial charge in [0, 0.05) is 11.8 Å². The first-order valence-electron chi connectivity index (χ1n) is 5.61. The molecule has 2 aromatic rings. The zero-order chi connectivity index (χ0) is 12.0. The van der Waals surface area contributed by atoms with E-state index in [-0.39, 0.29) is 17.6 Å². The van der Waals surface area contributed by atoms with Crippen molar-refractivity contribution in [2.24, 2.45) is 0 Å². The van der Waals surface area contributed by atoms with Crippen LogP contribution in [0, 0.1) is 0 Å². The second-order valence-corrected chi connectivity index (χ2v) is 4.38. The average Bonchev–Trinajstić information content (AvgIpc) is 2.28. The quantitative estimate of drug-likeness (QED) is 0.754. The van der Waals surface area contributed by atoms with Crippen molar-refractivity contribution < 1.29 is 14.6 Å². The normalized spacial score (nSPS) is 18.9. The van der Waals surface area contributed by atoms with E-state index in [4.69, 9.17) is 4.74 Å². The molecule has 3 rings (SSSR count). The van der Waals surface area contributed by atoms with Crippen molar-refractivity contribution in [3.8, 4) is 11.5 Å². The Morgan fingerprint density at radius 2 is 2.12 bits per heavy atom. The lowest BCUT2D eigenvalue weighted by atomic mass is 9.96. The van der Waals surface area contributed by atoms with Gasteiger partial charge in [-0.15, -0.1) is 0 Å². The summed E-state index contributed by atoms with van der Waals surface area (Å²) < 4.78 is 5.61. The fraction of sp³-hybridized carbons (Fsp3) is 0.214. The molecule has 0 aliphatic carbocycles. The highest BCUT2D eigenvalue weighted by Crippen LogP contribution is 2.39. The Hall–Kier alpha value is -2.03. The zero-order valence-electron chi connectivity index (χ0n) is 9.43. The van der Waals surface area contributed by atoms with Gasteiger partial charge in [0.25, 0.3) is 0 Å². The molecule has 0 bridgehead atoms. The number of fused-ring (bicyclic) bond motifs is 2. The van der Waals surface area contributed by atoms with Crippen LogP contribution in [0.4, 0.5) is 0 Å². The SMILES string of the molecule is CC1CC(=O)c2c(cc3ccccc3c2O)O1. The molecule has 1 N–H and O–H groups in total. The molecule has 3 nitrogen and oxygen atoms in total. The molecule has 1 aliphatic heterocycles. The summed E-state index contributed by atoms with van der Waals surface area (Å²) in [6.07, 6.45) is 0.189. The Morgan fingerprint density at radius 3 is 2.94 bits per heavy atom. The number of Topliss-reactive ketones (excluding diaryl/α,β-unsaturated/α-hetero) is 1. The molecule has 0 saturated carbocycles. The molecule has 3 heteroatoms. The Bertz CT molecular complexity index is 616. The van der Waals surface area contributed by atoms with Crippen molar-refractivity contribution in [3.05, 3.63) is 35.9 Å². The number of carbonyl (C=O) groups is 1. The fourth-order valence-corrected chi connectivity index (χ4v) is 2.29. The van der Waals surface area contributed by atoms with Crippen LogP contribution in [0.25, 0.3) is 10.8 Å². The first kappa shape index (κ1) is 10.1. The highest BCUT2D eigenvalue weighted by Gasteiger charge is 2.27. The van der Waals surface area contributed by atoms with Crippen LogP contribution in [-0.4, -0.2) is 17.0 Å². The Morgan fingerprint density at radius 1 is 1.35 bits per heavy atom. The van der Waals surface area contributed by atoms with Crippen molar-refractivity contribution in [2.45, 2.75) is 19.4 Å². The first-order chi connectivity index (χ1) is 8.16. The van der Waals surface area contributed by atoms with Crippen LogP contribution >= 0.6 is 0 Å². The number of ketones is 1. The summed E-state index contributed by atoms with van der Waals surface area (Å²) in [5.41, 5.74) is 0.321.